The Kier molecular flexibility index (Phi) is 5.71. The molecule has 26 heavy (non-hydrogen) atoms. The second-order valence-electron chi connectivity index (χ2n) is 7.42. The number of carboxylic acid groups (broad SMARTS) is 1. The highest BCUT2D eigenvalue weighted by Gasteiger charge is 2.37. The Bertz CT molecular complexity index is 676. The lowest BCUT2D eigenvalue weighted by molar-refractivity contribution is -0.139. The quantitative estimate of drug-likeness (QED) is 0.662. The summed E-state index contributed by atoms with van der Waals surface area (Å²) in [4.78, 5) is 37.1. The number of benzene rings is 1. The third kappa shape index (κ3) is 4.69. The van der Waals surface area contributed by atoms with Crippen LogP contribution in [0.25, 0.3) is 0 Å². The lowest BCUT2D eigenvalue weighted by Gasteiger charge is -2.42. The number of hydrogen-bond donors (Lipinski definition) is 2. The highest BCUT2D eigenvalue weighted by Crippen LogP contribution is 2.33. The van der Waals surface area contributed by atoms with Gasteiger partial charge in [0.25, 0.3) is 5.91 Å². The van der Waals surface area contributed by atoms with Gasteiger partial charge >= 0.3 is 5.97 Å². The van der Waals surface area contributed by atoms with Gasteiger partial charge in [-0.25, -0.2) is 0 Å². The predicted molar refractivity (Wildman–Crippen MR) is 97.3 cm³/mol. The smallest absolute Gasteiger partial charge is 0.317 e. The number of ketones is 1. The molecule has 140 valence electrons. The molecule has 2 aliphatic rings. The largest absolute Gasteiger partial charge is 0.480 e. The van der Waals surface area contributed by atoms with Crippen LogP contribution in [-0.4, -0.2) is 52.8 Å². The Balaban J connectivity index is 1.48. The van der Waals surface area contributed by atoms with E-state index in [2.05, 4.69) is 5.32 Å². The standard InChI is InChI=1S/C20H26N2O4/c1-2-18(23)14-5-7-15(8-6-14)20(26)21-16-9-17(10-16)22(12-19(24)25)11-13-3-4-13/h5-8,13,16-17H,2-4,9-12H2,1H3,(H,21,26)(H,24,25). The predicted octanol–water partition coefficient (Wildman–Crippen LogP) is 2.34. The van der Waals surface area contributed by atoms with Crippen LogP contribution < -0.4 is 5.32 Å². The molecular formula is C20H26N2O4. The molecule has 2 N–H and O–H groups in total. The molecule has 0 aromatic heterocycles. The summed E-state index contributed by atoms with van der Waals surface area (Å²) in [5, 5.41) is 12.1. The van der Waals surface area contributed by atoms with Gasteiger partial charge in [-0.1, -0.05) is 19.1 Å². The van der Waals surface area contributed by atoms with Gasteiger partial charge in [0.1, 0.15) is 0 Å². The molecule has 0 radical (unpaired) electrons. The van der Waals surface area contributed by atoms with Crippen molar-refractivity contribution < 1.29 is 19.5 Å². The minimum Gasteiger partial charge on any atom is -0.480 e. The summed E-state index contributed by atoms with van der Waals surface area (Å²) < 4.78 is 0. The first-order valence-corrected chi connectivity index (χ1v) is 9.36. The molecule has 2 fully saturated rings. The summed E-state index contributed by atoms with van der Waals surface area (Å²) in [7, 11) is 0. The molecule has 0 aliphatic heterocycles. The average molecular weight is 358 g/mol. The Morgan fingerprint density at radius 3 is 2.27 bits per heavy atom. The maximum absolute atomic E-state index is 12.3. The van der Waals surface area contributed by atoms with E-state index in [0.717, 1.165) is 19.4 Å². The number of hydrogen-bond acceptors (Lipinski definition) is 4. The van der Waals surface area contributed by atoms with Gasteiger partial charge in [0.15, 0.2) is 5.78 Å². The number of aliphatic carboxylic acids is 1. The number of nitrogens with one attached hydrogen (secondary N) is 1. The van der Waals surface area contributed by atoms with Gasteiger partial charge in [0.2, 0.25) is 0 Å². The van der Waals surface area contributed by atoms with Crippen LogP contribution in [0.4, 0.5) is 0 Å². The summed E-state index contributed by atoms with van der Waals surface area (Å²) in [6.45, 7) is 2.74. The van der Waals surface area contributed by atoms with Crippen molar-refractivity contribution >= 4 is 17.7 Å². The van der Waals surface area contributed by atoms with Crippen molar-refractivity contribution in [1.29, 1.82) is 0 Å². The number of carboxylic acids is 1. The van der Waals surface area contributed by atoms with Gasteiger partial charge < -0.3 is 10.4 Å². The fourth-order valence-electron chi connectivity index (χ4n) is 3.43. The van der Waals surface area contributed by atoms with E-state index in [4.69, 9.17) is 5.11 Å². The Hall–Kier alpha value is -2.21. The molecule has 1 aromatic rings. The molecule has 2 aliphatic carbocycles. The molecule has 1 amide bonds. The van der Waals surface area contributed by atoms with Gasteiger partial charge in [-0.15, -0.1) is 0 Å². The van der Waals surface area contributed by atoms with Crippen LogP contribution in [-0.2, 0) is 4.79 Å². The summed E-state index contributed by atoms with van der Waals surface area (Å²) in [6, 6.07) is 7.06. The Labute approximate surface area is 153 Å². The fourth-order valence-corrected chi connectivity index (χ4v) is 3.43. The van der Waals surface area contributed by atoms with Crippen molar-refractivity contribution in [3.8, 4) is 0 Å². The minimum absolute atomic E-state index is 0.0629. The number of carbonyl (C=O) groups is 3. The lowest BCUT2D eigenvalue weighted by Crippen LogP contribution is -2.55. The molecular weight excluding hydrogens is 332 g/mol. The molecule has 3 rings (SSSR count). The molecule has 6 nitrogen and oxygen atoms in total. The summed E-state index contributed by atoms with van der Waals surface area (Å²) >= 11 is 0. The number of carbonyl (C=O) groups excluding carboxylic acids is 2. The first-order valence-electron chi connectivity index (χ1n) is 9.36. The molecule has 0 bridgehead atoms. The van der Waals surface area contributed by atoms with Gasteiger partial charge in [-0.2, -0.15) is 0 Å². The zero-order valence-corrected chi connectivity index (χ0v) is 15.1. The highest BCUT2D eigenvalue weighted by atomic mass is 16.4. The van der Waals surface area contributed by atoms with E-state index in [9.17, 15) is 14.4 Å². The zero-order valence-electron chi connectivity index (χ0n) is 15.1. The number of rotatable bonds is 9. The normalized spacial score (nSPS) is 21.9. The lowest BCUT2D eigenvalue weighted by atomic mass is 9.85. The molecule has 6 heteroatoms. The van der Waals surface area contributed by atoms with Crippen LogP contribution in [0.3, 0.4) is 0 Å². The van der Waals surface area contributed by atoms with Crippen molar-refractivity contribution in [3.05, 3.63) is 35.4 Å². The van der Waals surface area contributed by atoms with Crippen LogP contribution >= 0.6 is 0 Å². The second-order valence-corrected chi connectivity index (χ2v) is 7.42. The van der Waals surface area contributed by atoms with Crippen LogP contribution in [0.5, 0.6) is 0 Å². The van der Waals surface area contributed by atoms with E-state index in [0.29, 0.717) is 23.5 Å². The van der Waals surface area contributed by atoms with E-state index < -0.39 is 5.97 Å². The first-order chi connectivity index (χ1) is 12.5. The van der Waals surface area contributed by atoms with E-state index in [1.165, 1.54) is 12.8 Å². The molecule has 0 spiro atoms. The fraction of sp³-hybridized carbons (Fsp3) is 0.550. The monoisotopic (exact) mass is 358 g/mol. The van der Waals surface area contributed by atoms with Crippen molar-refractivity contribution in [1.82, 2.24) is 10.2 Å². The van der Waals surface area contributed by atoms with Gasteiger partial charge in [-0.3, -0.25) is 19.3 Å². The van der Waals surface area contributed by atoms with E-state index >= 15 is 0 Å². The SMILES string of the molecule is CCC(=O)c1ccc(C(=O)NC2CC(N(CC(=O)O)CC3CC3)C2)cc1. The van der Waals surface area contributed by atoms with E-state index in [1.807, 2.05) is 11.8 Å². The van der Waals surface area contributed by atoms with Crippen molar-refractivity contribution in [3.63, 3.8) is 0 Å². The van der Waals surface area contributed by atoms with E-state index in [-0.39, 0.29) is 30.3 Å². The Morgan fingerprint density at radius 1 is 1.12 bits per heavy atom. The third-order valence-electron chi connectivity index (χ3n) is 5.28. The second kappa shape index (κ2) is 7.99. The maximum atomic E-state index is 12.3. The molecule has 1 aromatic carbocycles. The summed E-state index contributed by atoms with van der Waals surface area (Å²) in [5.41, 5.74) is 1.17. The molecule has 0 unspecified atom stereocenters. The van der Waals surface area contributed by atoms with Crippen LogP contribution in [0, 0.1) is 5.92 Å². The van der Waals surface area contributed by atoms with Crippen LogP contribution in [0.15, 0.2) is 24.3 Å². The topological polar surface area (TPSA) is 86.7 Å². The van der Waals surface area contributed by atoms with Crippen LogP contribution in [0.1, 0.15) is 59.7 Å². The van der Waals surface area contributed by atoms with Crippen LogP contribution in [0.2, 0.25) is 0 Å². The molecule has 0 atom stereocenters. The first kappa shape index (κ1) is 18.6. The molecule has 0 saturated heterocycles. The molecule has 2 saturated carbocycles. The Morgan fingerprint density at radius 2 is 1.73 bits per heavy atom. The summed E-state index contributed by atoms with van der Waals surface area (Å²) in [6.07, 6.45) is 4.41. The van der Waals surface area contributed by atoms with Crippen molar-refractivity contribution in [2.75, 3.05) is 13.1 Å². The summed E-state index contributed by atoms with van der Waals surface area (Å²) in [5.74, 6) is -0.226. The third-order valence-corrected chi connectivity index (χ3v) is 5.28. The number of Topliss-reactive ketones (excluding diaryl/α,β-unsaturated/α-hetero) is 1. The van der Waals surface area contributed by atoms with Gasteiger partial charge in [0.05, 0.1) is 6.54 Å². The average Bonchev–Trinajstić information content (AvgIpc) is 3.40. The zero-order chi connectivity index (χ0) is 18.7. The van der Waals surface area contributed by atoms with Crippen molar-refractivity contribution in [2.45, 2.75) is 51.1 Å². The minimum atomic E-state index is -0.792. The highest BCUT2D eigenvalue weighted by molar-refractivity contribution is 5.98. The van der Waals surface area contributed by atoms with Gasteiger partial charge in [-0.05, 0) is 43.7 Å². The maximum Gasteiger partial charge on any atom is 0.317 e. The molecule has 0 heterocycles. The van der Waals surface area contributed by atoms with E-state index in [1.54, 1.807) is 24.3 Å². The van der Waals surface area contributed by atoms with Crippen molar-refractivity contribution in [2.24, 2.45) is 5.92 Å². The number of amides is 1. The van der Waals surface area contributed by atoms with Gasteiger partial charge in [0, 0.05) is 36.2 Å². The number of nitrogens with zero attached hydrogens (tertiary/aromatic N) is 1.